The van der Waals surface area contributed by atoms with E-state index >= 15 is 0 Å². The van der Waals surface area contributed by atoms with Gasteiger partial charge in [-0.2, -0.15) is 0 Å². The zero-order valence-corrected chi connectivity index (χ0v) is 14.6. The van der Waals surface area contributed by atoms with Gasteiger partial charge in [0.25, 0.3) is 0 Å². The molecule has 1 unspecified atom stereocenters. The molecule has 0 aromatic heterocycles. The fourth-order valence-corrected chi connectivity index (χ4v) is 3.37. The molecular formula is C22H28O2. The van der Waals surface area contributed by atoms with E-state index in [4.69, 9.17) is 9.47 Å². The van der Waals surface area contributed by atoms with Crippen LogP contribution in [-0.2, 0) is 17.6 Å². The first-order valence-electron chi connectivity index (χ1n) is 9.26. The molecule has 3 rings (SSSR count). The zero-order chi connectivity index (χ0) is 16.6. The molecule has 0 heterocycles. The van der Waals surface area contributed by atoms with E-state index in [0.29, 0.717) is 12.5 Å². The standard InChI is InChI=1S/C22H28O2/c1-2-18-12-14-21(15-13-18)24-22(20-10-6-7-11-20)23-17-16-19-8-4-3-5-9-19/h3-5,8-9,12-15,20,22H,2,6-7,10-11,16-17H2,1H3. The highest BCUT2D eigenvalue weighted by Gasteiger charge is 2.27. The Morgan fingerprint density at radius 2 is 1.62 bits per heavy atom. The summed E-state index contributed by atoms with van der Waals surface area (Å²) in [6, 6.07) is 18.9. The molecule has 1 saturated carbocycles. The van der Waals surface area contributed by atoms with Gasteiger partial charge >= 0.3 is 0 Å². The number of hydrogen-bond donors (Lipinski definition) is 0. The molecule has 0 radical (unpaired) electrons. The Morgan fingerprint density at radius 3 is 2.29 bits per heavy atom. The summed E-state index contributed by atoms with van der Waals surface area (Å²) in [4.78, 5) is 0. The maximum Gasteiger partial charge on any atom is 0.202 e. The van der Waals surface area contributed by atoms with E-state index in [-0.39, 0.29) is 6.29 Å². The van der Waals surface area contributed by atoms with Crippen molar-refractivity contribution in [1.29, 1.82) is 0 Å². The number of ether oxygens (including phenoxy) is 2. The Morgan fingerprint density at radius 1 is 0.917 bits per heavy atom. The molecule has 0 spiro atoms. The summed E-state index contributed by atoms with van der Waals surface area (Å²) in [7, 11) is 0. The molecular weight excluding hydrogens is 296 g/mol. The SMILES string of the molecule is CCc1ccc(OC(OCCc2ccccc2)C2CCCC2)cc1. The van der Waals surface area contributed by atoms with Crippen LogP contribution >= 0.6 is 0 Å². The lowest BCUT2D eigenvalue weighted by molar-refractivity contribution is -0.113. The predicted molar refractivity (Wildman–Crippen MR) is 98.3 cm³/mol. The Kier molecular flexibility index (Phi) is 6.31. The molecule has 2 aromatic carbocycles. The number of hydrogen-bond acceptors (Lipinski definition) is 2. The largest absolute Gasteiger partial charge is 0.465 e. The highest BCUT2D eigenvalue weighted by Crippen LogP contribution is 2.31. The van der Waals surface area contributed by atoms with Crippen molar-refractivity contribution in [2.75, 3.05) is 6.61 Å². The van der Waals surface area contributed by atoms with E-state index in [9.17, 15) is 0 Å². The van der Waals surface area contributed by atoms with Gasteiger partial charge in [-0.15, -0.1) is 0 Å². The monoisotopic (exact) mass is 324 g/mol. The second kappa shape index (κ2) is 8.89. The molecule has 0 aliphatic heterocycles. The predicted octanol–water partition coefficient (Wildman–Crippen LogP) is 5.40. The Bertz CT molecular complexity index is 585. The zero-order valence-electron chi connectivity index (χ0n) is 14.6. The molecule has 0 N–H and O–H groups in total. The molecule has 1 aliphatic rings. The summed E-state index contributed by atoms with van der Waals surface area (Å²) in [5, 5.41) is 0. The Balaban J connectivity index is 1.58. The highest BCUT2D eigenvalue weighted by molar-refractivity contribution is 5.27. The van der Waals surface area contributed by atoms with E-state index < -0.39 is 0 Å². The molecule has 128 valence electrons. The first kappa shape index (κ1) is 17.0. The number of aryl methyl sites for hydroxylation is 1. The normalized spacial score (nSPS) is 16.2. The second-order valence-electron chi connectivity index (χ2n) is 6.63. The van der Waals surface area contributed by atoms with Gasteiger partial charge in [0.1, 0.15) is 5.75 Å². The third-order valence-electron chi connectivity index (χ3n) is 4.88. The summed E-state index contributed by atoms with van der Waals surface area (Å²) in [6.07, 6.45) is 6.88. The van der Waals surface area contributed by atoms with Gasteiger partial charge in [0, 0.05) is 5.92 Å². The molecule has 2 nitrogen and oxygen atoms in total. The lowest BCUT2D eigenvalue weighted by atomic mass is 10.1. The minimum Gasteiger partial charge on any atom is -0.465 e. The van der Waals surface area contributed by atoms with Gasteiger partial charge < -0.3 is 9.47 Å². The molecule has 0 saturated heterocycles. The van der Waals surface area contributed by atoms with Crippen molar-refractivity contribution in [1.82, 2.24) is 0 Å². The van der Waals surface area contributed by atoms with E-state index in [1.165, 1.54) is 36.8 Å². The molecule has 0 amide bonds. The van der Waals surface area contributed by atoms with Gasteiger partial charge in [-0.3, -0.25) is 0 Å². The van der Waals surface area contributed by atoms with Crippen LogP contribution in [0.1, 0.15) is 43.7 Å². The van der Waals surface area contributed by atoms with Gasteiger partial charge in [-0.05, 0) is 48.9 Å². The van der Waals surface area contributed by atoms with Crippen molar-refractivity contribution in [3.05, 3.63) is 65.7 Å². The molecule has 0 bridgehead atoms. The van der Waals surface area contributed by atoms with Gasteiger partial charge in [0.15, 0.2) is 0 Å². The lowest BCUT2D eigenvalue weighted by Crippen LogP contribution is -2.29. The first-order chi connectivity index (χ1) is 11.8. The summed E-state index contributed by atoms with van der Waals surface area (Å²) < 4.78 is 12.4. The van der Waals surface area contributed by atoms with Crippen LogP contribution in [0.2, 0.25) is 0 Å². The second-order valence-corrected chi connectivity index (χ2v) is 6.63. The van der Waals surface area contributed by atoms with Crippen molar-refractivity contribution >= 4 is 0 Å². The third-order valence-corrected chi connectivity index (χ3v) is 4.88. The maximum absolute atomic E-state index is 6.21. The van der Waals surface area contributed by atoms with Crippen molar-refractivity contribution in [2.24, 2.45) is 5.92 Å². The smallest absolute Gasteiger partial charge is 0.202 e. The van der Waals surface area contributed by atoms with Crippen LogP contribution in [0.25, 0.3) is 0 Å². The topological polar surface area (TPSA) is 18.5 Å². The Hall–Kier alpha value is -1.80. The minimum absolute atomic E-state index is 0.122. The van der Waals surface area contributed by atoms with Gasteiger partial charge in [-0.1, -0.05) is 62.2 Å². The average Bonchev–Trinajstić information content (AvgIpc) is 3.17. The molecule has 1 atom stereocenters. The summed E-state index contributed by atoms with van der Waals surface area (Å²) >= 11 is 0. The van der Waals surface area contributed by atoms with E-state index in [2.05, 4.69) is 61.5 Å². The van der Waals surface area contributed by atoms with Gasteiger partial charge in [0.2, 0.25) is 6.29 Å². The third kappa shape index (κ3) is 4.85. The molecule has 2 aromatic rings. The first-order valence-corrected chi connectivity index (χ1v) is 9.26. The van der Waals surface area contributed by atoms with Crippen LogP contribution in [0.4, 0.5) is 0 Å². The average molecular weight is 324 g/mol. The van der Waals surface area contributed by atoms with Crippen LogP contribution in [0.15, 0.2) is 54.6 Å². The van der Waals surface area contributed by atoms with Gasteiger partial charge in [-0.25, -0.2) is 0 Å². The van der Waals surface area contributed by atoms with Crippen molar-refractivity contribution in [3.8, 4) is 5.75 Å². The van der Waals surface area contributed by atoms with Crippen molar-refractivity contribution in [2.45, 2.75) is 51.7 Å². The van der Waals surface area contributed by atoms with Gasteiger partial charge in [0.05, 0.1) is 6.61 Å². The van der Waals surface area contributed by atoms with E-state index in [1.807, 2.05) is 0 Å². The van der Waals surface area contributed by atoms with Crippen molar-refractivity contribution < 1.29 is 9.47 Å². The fraction of sp³-hybridized carbons (Fsp3) is 0.455. The molecule has 2 heteroatoms. The maximum atomic E-state index is 6.21. The quantitative estimate of drug-likeness (QED) is 0.605. The van der Waals surface area contributed by atoms with Crippen molar-refractivity contribution in [3.63, 3.8) is 0 Å². The van der Waals surface area contributed by atoms with E-state index in [0.717, 1.165) is 18.6 Å². The van der Waals surface area contributed by atoms with Crippen LogP contribution in [0, 0.1) is 5.92 Å². The molecule has 24 heavy (non-hydrogen) atoms. The molecule has 1 aliphatic carbocycles. The number of rotatable bonds is 8. The number of benzene rings is 2. The van der Waals surface area contributed by atoms with Crippen LogP contribution < -0.4 is 4.74 Å². The summed E-state index contributed by atoms with van der Waals surface area (Å²) in [5.74, 6) is 1.44. The summed E-state index contributed by atoms with van der Waals surface area (Å²) in [6.45, 7) is 2.88. The highest BCUT2D eigenvalue weighted by atomic mass is 16.7. The van der Waals surface area contributed by atoms with Crippen LogP contribution in [-0.4, -0.2) is 12.9 Å². The minimum atomic E-state index is -0.122. The Labute approximate surface area is 145 Å². The summed E-state index contributed by atoms with van der Waals surface area (Å²) in [5.41, 5.74) is 2.65. The fourth-order valence-electron chi connectivity index (χ4n) is 3.37. The van der Waals surface area contributed by atoms with E-state index in [1.54, 1.807) is 0 Å². The molecule has 1 fully saturated rings. The van der Waals surface area contributed by atoms with Crippen LogP contribution in [0.5, 0.6) is 5.75 Å². The van der Waals surface area contributed by atoms with Crippen LogP contribution in [0.3, 0.4) is 0 Å². The lowest BCUT2D eigenvalue weighted by Gasteiger charge is -2.25.